The van der Waals surface area contributed by atoms with Crippen LogP contribution < -0.4 is 14.7 Å². The van der Waals surface area contributed by atoms with Gasteiger partial charge in [-0.05, 0) is 48.5 Å². The highest BCUT2D eigenvalue weighted by atomic mass is 19.1. The first-order chi connectivity index (χ1) is 13.8. The van der Waals surface area contributed by atoms with Gasteiger partial charge in [-0.15, -0.1) is 0 Å². The molecule has 0 N–H and O–H groups in total. The minimum Gasteiger partial charge on any atom is -0.378 e. The number of amides is 2. The molecule has 1 fully saturated rings. The second kappa shape index (κ2) is 8.94. The topological polar surface area (TPSA) is 47.1 Å². The summed E-state index contributed by atoms with van der Waals surface area (Å²) in [6.07, 6.45) is 0. The van der Waals surface area contributed by atoms with Crippen LogP contribution in [0.4, 0.5) is 21.5 Å². The van der Waals surface area contributed by atoms with Crippen molar-refractivity contribution < 1.29 is 14.0 Å². The SMILES string of the molecule is CC(=O)N(CC(=O)N1CCN(c2ccc(F)cc2)CC1)c1ccc(N(C)C)cc1. The first-order valence-corrected chi connectivity index (χ1v) is 9.69. The zero-order valence-corrected chi connectivity index (χ0v) is 17.1. The minimum absolute atomic E-state index is 0.0210. The average Bonchev–Trinajstić information content (AvgIpc) is 2.72. The van der Waals surface area contributed by atoms with Crippen LogP contribution >= 0.6 is 0 Å². The quantitative estimate of drug-likeness (QED) is 0.777. The molecule has 0 aromatic heterocycles. The van der Waals surface area contributed by atoms with Gasteiger partial charge in [0.25, 0.3) is 0 Å². The molecule has 0 bridgehead atoms. The molecular weight excluding hydrogens is 371 g/mol. The molecule has 29 heavy (non-hydrogen) atoms. The van der Waals surface area contributed by atoms with E-state index in [0.717, 1.165) is 11.4 Å². The van der Waals surface area contributed by atoms with E-state index in [0.29, 0.717) is 31.9 Å². The summed E-state index contributed by atoms with van der Waals surface area (Å²) in [6, 6.07) is 14.0. The van der Waals surface area contributed by atoms with E-state index >= 15 is 0 Å². The van der Waals surface area contributed by atoms with Crippen molar-refractivity contribution in [2.45, 2.75) is 6.92 Å². The Hall–Kier alpha value is -3.09. The number of carbonyl (C=O) groups is 2. The predicted octanol–water partition coefficient (Wildman–Crippen LogP) is 2.59. The van der Waals surface area contributed by atoms with E-state index in [4.69, 9.17) is 0 Å². The highest BCUT2D eigenvalue weighted by molar-refractivity contribution is 5.97. The van der Waals surface area contributed by atoms with Gasteiger partial charge in [0, 0.05) is 64.3 Å². The van der Waals surface area contributed by atoms with E-state index in [2.05, 4.69) is 4.90 Å². The van der Waals surface area contributed by atoms with E-state index in [9.17, 15) is 14.0 Å². The molecule has 2 aromatic carbocycles. The lowest BCUT2D eigenvalue weighted by atomic mass is 10.2. The fraction of sp³-hybridized carbons (Fsp3) is 0.364. The largest absolute Gasteiger partial charge is 0.378 e. The van der Waals surface area contributed by atoms with Crippen LogP contribution in [0, 0.1) is 5.82 Å². The van der Waals surface area contributed by atoms with Crippen LogP contribution in [0.15, 0.2) is 48.5 Å². The maximum atomic E-state index is 13.1. The highest BCUT2D eigenvalue weighted by Gasteiger charge is 2.24. The lowest BCUT2D eigenvalue weighted by molar-refractivity contribution is -0.131. The van der Waals surface area contributed by atoms with Crippen molar-refractivity contribution in [1.82, 2.24) is 4.90 Å². The summed E-state index contributed by atoms with van der Waals surface area (Å²) in [4.78, 5) is 32.4. The minimum atomic E-state index is -0.259. The fourth-order valence-electron chi connectivity index (χ4n) is 3.42. The highest BCUT2D eigenvalue weighted by Crippen LogP contribution is 2.21. The Morgan fingerprint density at radius 2 is 1.45 bits per heavy atom. The molecule has 0 atom stereocenters. The van der Waals surface area contributed by atoms with Gasteiger partial charge in [0.2, 0.25) is 11.8 Å². The van der Waals surface area contributed by atoms with E-state index in [1.54, 1.807) is 17.0 Å². The van der Waals surface area contributed by atoms with Crippen molar-refractivity contribution in [2.75, 3.05) is 61.5 Å². The number of hydrogen-bond donors (Lipinski definition) is 0. The van der Waals surface area contributed by atoms with Crippen LogP contribution in [-0.2, 0) is 9.59 Å². The van der Waals surface area contributed by atoms with Crippen molar-refractivity contribution in [2.24, 2.45) is 0 Å². The van der Waals surface area contributed by atoms with Gasteiger partial charge in [-0.1, -0.05) is 0 Å². The van der Waals surface area contributed by atoms with Crippen molar-refractivity contribution in [1.29, 1.82) is 0 Å². The molecule has 1 saturated heterocycles. The normalized spacial score (nSPS) is 13.9. The van der Waals surface area contributed by atoms with E-state index in [-0.39, 0.29) is 24.2 Å². The Kier molecular flexibility index (Phi) is 6.36. The number of piperazine rings is 1. The molecular formula is C22H27FN4O2. The monoisotopic (exact) mass is 398 g/mol. The van der Waals surface area contributed by atoms with Gasteiger partial charge >= 0.3 is 0 Å². The molecule has 3 rings (SSSR count). The Labute approximate surface area is 171 Å². The standard InChI is InChI=1S/C22H27FN4O2/c1-17(28)27(21-10-8-19(9-11-21)24(2)3)16-22(29)26-14-12-25(13-15-26)20-6-4-18(23)5-7-20/h4-11H,12-16H2,1-3H3. The molecule has 0 unspecified atom stereocenters. The molecule has 6 nitrogen and oxygen atoms in total. The third kappa shape index (κ3) is 5.04. The second-order valence-corrected chi connectivity index (χ2v) is 7.36. The fourth-order valence-corrected chi connectivity index (χ4v) is 3.42. The molecule has 1 aliphatic heterocycles. The molecule has 0 saturated carbocycles. The van der Waals surface area contributed by atoms with Gasteiger partial charge in [0.05, 0.1) is 0 Å². The number of benzene rings is 2. The Morgan fingerprint density at radius 1 is 0.897 bits per heavy atom. The van der Waals surface area contributed by atoms with E-state index in [1.165, 1.54) is 24.0 Å². The van der Waals surface area contributed by atoms with Crippen molar-refractivity contribution in [3.8, 4) is 0 Å². The number of anilines is 3. The molecule has 7 heteroatoms. The van der Waals surface area contributed by atoms with E-state index in [1.807, 2.05) is 43.3 Å². The van der Waals surface area contributed by atoms with Gasteiger partial charge in [0.1, 0.15) is 12.4 Å². The maximum absolute atomic E-state index is 13.1. The zero-order chi connectivity index (χ0) is 21.0. The summed E-state index contributed by atoms with van der Waals surface area (Å²) in [6.45, 7) is 3.99. The molecule has 2 amide bonds. The molecule has 2 aromatic rings. The van der Waals surface area contributed by atoms with Gasteiger partial charge < -0.3 is 19.6 Å². The van der Waals surface area contributed by atoms with Crippen LogP contribution in [0.3, 0.4) is 0 Å². The second-order valence-electron chi connectivity index (χ2n) is 7.36. The summed E-state index contributed by atoms with van der Waals surface area (Å²) in [5, 5.41) is 0. The third-order valence-corrected chi connectivity index (χ3v) is 5.18. The first kappa shape index (κ1) is 20.6. The lowest BCUT2D eigenvalue weighted by Crippen LogP contribution is -2.51. The van der Waals surface area contributed by atoms with Crippen LogP contribution in [0.2, 0.25) is 0 Å². The Bertz CT molecular complexity index is 844. The van der Waals surface area contributed by atoms with Gasteiger partial charge in [-0.3, -0.25) is 9.59 Å². The predicted molar refractivity (Wildman–Crippen MR) is 114 cm³/mol. The maximum Gasteiger partial charge on any atom is 0.242 e. The van der Waals surface area contributed by atoms with Gasteiger partial charge in [-0.2, -0.15) is 0 Å². The summed E-state index contributed by atoms with van der Waals surface area (Å²) in [5.74, 6) is -0.498. The number of carbonyl (C=O) groups excluding carboxylic acids is 2. The van der Waals surface area contributed by atoms with Gasteiger partial charge in [0.15, 0.2) is 0 Å². The van der Waals surface area contributed by atoms with Crippen molar-refractivity contribution >= 4 is 28.9 Å². The molecule has 1 heterocycles. The van der Waals surface area contributed by atoms with Crippen molar-refractivity contribution in [3.05, 3.63) is 54.3 Å². The smallest absolute Gasteiger partial charge is 0.242 e. The van der Waals surface area contributed by atoms with Crippen LogP contribution in [-0.4, -0.2) is 63.5 Å². The number of hydrogen-bond acceptors (Lipinski definition) is 4. The van der Waals surface area contributed by atoms with E-state index < -0.39 is 0 Å². The number of rotatable bonds is 5. The summed E-state index contributed by atoms with van der Waals surface area (Å²) < 4.78 is 13.1. The molecule has 0 aliphatic carbocycles. The Morgan fingerprint density at radius 3 is 1.97 bits per heavy atom. The molecule has 1 aliphatic rings. The summed E-state index contributed by atoms with van der Waals surface area (Å²) >= 11 is 0. The zero-order valence-electron chi connectivity index (χ0n) is 17.1. The summed E-state index contributed by atoms with van der Waals surface area (Å²) in [7, 11) is 3.90. The van der Waals surface area contributed by atoms with Gasteiger partial charge in [-0.25, -0.2) is 4.39 Å². The van der Waals surface area contributed by atoms with Crippen LogP contribution in [0.5, 0.6) is 0 Å². The first-order valence-electron chi connectivity index (χ1n) is 9.69. The Balaban J connectivity index is 1.60. The average molecular weight is 398 g/mol. The van der Waals surface area contributed by atoms with Crippen LogP contribution in [0.1, 0.15) is 6.92 Å². The molecule has 0 radical (unpaired) electrons. The summed E-state index contributed by atoms with van der Waals surface area (Å²) in [5.41, 5.74) is 2.69. The van der Waals surface area contributed by atoms with Crippen LogP contribution in [0.25, 0.3) is 0 Å². The number of nitrogens with zero attached hydrogens (tertiary/aromatic N) is 4. The van der Waals surface area contributed by atoms with Crippen molar-refractivity contribution in [3.63, 3.8) is 0 Å². The lowest BCUT2D eigenvalue weighted by Gasteiger charge is -2.37. The number of halogens is 1. The molecule has 154 valence electrons. The third-order valence-electron chi connectivity index (χ3n) is 5.18. The molecule has 0 spiro atoms.